The molecule has 0 radical (unpaired) electrons. The number of hydrogen-bond acceptors (Lipinski definition) is 3. The van der Waals surface area contributed by atoms with Gasteiger partial charge in [-0.2, -0.15) is 0 Å². The molecule has 31 heavy (non-hydrogen) atoms. The van der Waals surface area contributed by atoms with Crippen molar-refractivity contribution < 1.29 is 26.4 Å². The van der Waals surface area contributed by atoms with Gasteiger partial charge in [0.15, 0.2) is 0 Å². The van der Waals surface area contributed by atoms with E-state index < -0.39 is 45.2 Å². The normalized spacial score (nSPS) is 26.0. The van der Waals surface area contributed by atoms with E-state index in [1.807, 2.05) is 0 Å². The first kappa shape index (κ1) is 21.8. The van der Waals surface area contributed by atoms with Crippen molar-refractivity contribution in [1.82, 2.24) is 9.62 Å². The van der Waals surface area contributed by atoms with Crippen molar-refractivity contribution in [2.45, 2.75) is 31.0 Å². The van der Waals surface area contributed by atoms with Crippen molar-refractivity contribution in [3.8, 4) is 11.1 Å². The molecule has 166 valence electrons. The smallest absolute Gasteiger partial charge is 0.229 e. The highest BCUT2D eigenvalue weighted by Gasteiger charge is 2.62. The minimum absolute atomic E-state index is 0.0835. The first-order chi connectivity index (χ1) is 14.6. The van der Waals surface area contributed by atoms with Crippen LogP contribution >= 0.6 is 0 Å². The topological polar surface area (TPSA) is 66.5 Å². The maximum absolute atomic E-state index is 15.9. The molecule has 1 heterocycles. The molecular weight excluding hydrogens is 429 g/mol. The Bertz CT molecular complexity index is 1100. The van der Waals surface area contributed by atoms with Gasteiger partial charge < -0.3 is 4.90 Å². The Hall–Kier alpha value is -2.39. The number of halogens is 3. The van der Waals surface area contributed by atoms with E-state index in [2.05, 4.69) is 4.72 Å². The SMILES string of the molecule is CS(=O)(=O)N[C@H]1CCCN(C(=O)C2CC2(F)c2ccccc2-c2c(F)cccc2F)C1. The highest BCUT2D eigenvalue weighted by molar-refractivity contribution is 7.88. The summed E-state index contributed by atoms with van der Waals surface area (Å²) >= 11 is 0. The number of nitrogens with one attached hydrogen (secondary N) is 1. The van der Waals surface area contributed by atoms with Crippen LogP contribution in [0.4, 0.5) is 13.2 Å². The summed E-state index contributed by atoms with van der Waals surface area (Å²) in [4.78, 5) is 14.5. The van der Waals surface area contributed by atoms with Gasteiger partial charge in [-0.15, -0.1) is 0 Å². The number of amides is 1. The summed E-state index contributed by atoms with van der Waals surface area (Å²) in [5.41, 5.74) is -2.17. The molecule has 1 N–H and O–H groups in total. The van der Waals surface area contributed by atoms with Crippen molar-refractivity contribution in [1.29, 1.82) is 0 Å². The molecule has 3 atom stereocenters. The Labute approximate surface area is 179 Å². The third-order valence-corrected chi connectivity index (χ3v) is 6.67. The molecule has 2 fully saturated rings. The van der Waals surface area contributed by atoms with Gasteiger partial charge >= 0.3 is 0 Å². The maximum atomic E-state index is 15.9. The highest BCUT2D eigenvalue weighted by Crippen LogP contribution is 2.58. The largest absolute Gasteiger partial charge is 0.341 e. The van der Waals surface area contributed by atoms with Crippen LogP contribution in [0.5, 0.6) is 0 Å². The van der Waals surface area contributed by atoms with Gasteiger partial charge in [-0.1, -0.05) is 30.3 Å². The van der Waals surface area contributed by atoms with Crippen LogP contribution in [0.25, 0.3) is 11.1 Å². The van der Waals surface area contributed by atoms with Crippen LogP contribution in [-0.4, -0.2) is 44.6 Å². The number of rotatable bonds is 5. The fourth-order valence-electron chi connectivity index (χ4n) is 4.43. The van der Waals surface area contributed by atoms with Gasteiger partial charge in [0.1, 0.15) is 17.3 Å². The lowest BCUT2D eigenvalue weighted by molar-refractivity contribution is -0.135. The number of benzene rings is 2. The van der Waals surface area contributed by atoms with Gasteiger partial charge in [-0.25, -0.2) is 26.3 Å². The van der Waals surface area contributed by atoms with Crippen molar-refractivity contribution in [3.63, 3.8) is 0 Å². The molecule has 2 unspecified atom stereocenters. The Morgan fingerprint density at radius 3 is 2.48 bits per heavy atom. The summed E-state index contributed by atoms with van der Waals surface area (Å²) in [7, 11) is -3.42. The summed E-state index contributed by atoms with van der Waals surface area (Å²) in [6.45, 7) is 0.582. The second-order valence-corrected chi connectivity index (χ2v) is 10.1. The van der Waals surface area contributed by atoms with Crippen LogP contribution in [0, 0.1) is 17.6 Å². The quantitative estimate of drug-likeness (QED) is 0.757. The number of carbonyl (C=O) groups excluding carboxylic acids is 1. The average Bonchev–Trinajstić information content (AvgIpc) is 3.39. The molecule has 0 aromatic heterocycles. The van der Waals surface area contributed by atoms with E-state index >= 15 is 4.39 Å². The lowest BCUT2D eigenvalue weighted by Crippen LogP contribution is -2.50. The fraction of sp³-hybridized carbons (Fsp3) is 0.409. The molecule has 0 spiro atoms. The van der Waals surface area contributed by atoms with Gasteiger partial charge in [0.05, 0.1) is 17.7 Å². The molecule has 5 nitrogen and oxygen atoms in total. The van der Waals surface area contributed by atoms with Crippen LogP contribution in [-0.2, 0) is 20.5 Å². The molecule has 2 aromatic carbocycles. The van der Waals surface area contributed by atoms with Crippen molar-refractivity contribution in [3.05, 3.63) is 59.7 Å². The predicted octanol–water partition coefficient (Wildman–Crippen LogP) is 3.36. The minimum Gasteiger partial charge on any atom is -0.341 e. The van der Waals surface area contributed by atoms with E-state index in [-0.39, 0.29) is 29.7 Å². The van der Waals surface area contributed by atoms with Crippen LogP contribution in [0.15, 0.2) is 42.5 Å². The molecule has 9 heteroatoms. The van der Waals surface area contributed by atoms with E-state index in [4.69, 9.17) is 0 Å². The first-order valence-electron chi connectivity index (χ1n) is 10.1. The Morgan fingerprint density at radius 2 is 1.81 bits per heavy atom. The Kier molecular flexibility index (Phi) is 5.59. The fourth-order valence-corrected chi connectivity index (χ4v) is 5.23. The maximum Gasteiger partial charge on any atom is 0.229 e. The zero-order valence-electron chi connectivity index (χ0n) is 16.9. The number of hydrogen-bond donors (Lipinski definition) is 1. The number of alkyl halides is 1. The molecule has 1 aliphatic carbocycles. The minimum atomic E-state index is -3.42. The van der Waals surface area contributed by atoms with Gasteiger partial charge in [0, 0.05) is 25.6 Å². The number of likely N-dealkylation sites (tertiary alicyclic amines) is 1. The monoisotopic (exact) mass is 452 g/mol. The van der Waals surface area contributed by atoms with Crippen LogP contribution < -0.4 is 4.72 Å². The molecule has 1 aliphatic heterocycles. The zero-order chi connectivity index (χ0) is 22.4. The summed E-state index contributed by atoms with van der Waals surface area (Å²) in [5.74, 6) is -2.98. The number of nitrogens with zero attached hydrogens (tertiary/aromatic N) is 1. The molecular formula is C22H23F3N2O3S. The summed E-state index contributed by atoms with van der Waals surface area (Å²) < 4.78 is 70.1. The Balaban J connectivity index is 1.58. The van der Waals surface area contributed by atoms with E-state index in [9.17, 15) is 22.0 Å². The van der Waals surface area contributed by atoms with Crippen LogP contribution in [0.3, 0.4) is 0 Å². The lowest BCUT2D eigenvalue weighted by Gasteiger charge is -2.33. The molecule has 0 bridgehead atoms. The summed E-state index contributed by atoms with van der Waals surface area (Å²) in [6, 6.07) is 9.09. The number of carbonyl (C=O) groups is 1. The molecule has 2 aromatic rings. The molecule has 4 rings (SSSR count). The van der Waals surface area contributed by atoms with Crippen molar-refractivity contribution >= 4 is 15.9 Å². The van der Waals surface area contributed by atoms with E-state index in [1.54, 1.807) is 12.1 Å². The zero-order valence-corrected chi connectivity index (χ0v) is 17.8. The van der Waals surface area contributed by atoms with Gasteiger partial charge in [0.25, 0.3) is 0 Å². The number of piperidine rings is 1. The van der Waals surface area contributed by atoms with Crippen LogP contribution in [0.1, 0.15) is 24.8 Å². The number of sulfonamides is 1. The van der Waals surface area contributed by atoms with Gasteiger partial charge in [-0.3, -0.25) is 4.79 Å². The first-order valence-corrected chi connectivity index (χ1v) is 12.0. The van der Waals surface area contributed by atoms with Crippen LogP contribution in [0.2, 0.25) is 0 Å². The third-order valence-electron chi connectivity index (χ3n) is 5.91. The van der Waals surface area contributed by atoms with Crippen molar-refractivity contribution in [2.75, 3.05) is 19.3 Å². The lowest BCUT2D eigenvalue weighted by atomic mass is 9.93. The summed E-state index contributed by atoms with van der Waals surface area (Å²) in [5, 5.41) is 0. The standard InChI is InChI=1S/C22H23F3N2O3S/c1-31(29,30)26-14-6-5-11-27(13-14)21(28)17-12-22(17,25)16-8-3-2-7-15(16)20-18(23)9-4-10-19(20)24/h2-4,7-10,14,17,26H,5-6,11-13H2,1H3/t14-,17?,22?/m0/s1. The van der Waals surface area contributed by atoms with E-state index in [1.165, 1.54) is 23.1 Å². The molecule has 2 aliphatic rings. The average molecular weight is 452 g/mol. The highest BCUT2D eigenvalue weighted by atomic mass is 32.2. The second kappa shape index (κ2) is 7.94. The molecule has 1 saturated heterocycles. The van der Waals surface area contributed by atoms with Gasteiger partial charge in [-0.05, 0) is 36.1 Å². The molecule has 1 saturated carbocycles. The van der Waals surface area contributed by atoms with Crippen molar-refractivity contribution in [2.24, 2.45) is 5.92 Å². The van der Waals surface area contributed by atoms with E-state index in [0.717, 1.165) is 18.4 Å². The Morgan fingerprint density at radius 1 is 1.13 bits per heavy atom. The second-order valence-electron chi connectivity index (χ2n) is 8.27. The third kappa shape index (κ3) is 4.34. The molecule has 1 amide bonds. The van der Waals surface area contributed by atoms with E-state index in [0.29, 0.717) is 19.4 Å². The summed E-state index contributed by atoms with van der Waals surface area (Å²) in [6.07, 6.45) is 2.17. The van der Waals surface area contributed by atoms with Gasteiger partial charge in [0.2, 0.25) is 15.9 Å². The predicted molar refractivity (Wildman–Crippen MR) is 110 cm³/mol.